The molecule has 0 spiro atoms. The van der Waals surface area contributed by atoms with Gasteiger partial charge in [-0.25, -0.2) is 0 Å². The molecular weight excluding hydrogens is 430 g/mol. The van der Waals surface area contributed by atoms with Gasteiger partial charge in [-0.2, -0.15) is 0 Å². The van der Waals surface area contributed by atoms with E-state index in [-0.39, 0.29) is 11.7 Å². The highest BCUT2D eigenvalue weighted by atomic mass is 35.5. The van der Waals surface area contributed by atoms with Gasteiger partial charge in [0.2, 0.25) is 5.91 Å². The smallest absolute Gasteiger partial charge is 0.234 e. The summed E-state index contributed by atoms with van der Waals surface area (Å²) in [6, 6.07) is 19.0. The van der Waals surface area contributed by atoms with Crippen molar-refractivity contribution in [2.45, 2.75) is 18.5 Å². The molecule has 0 radical (unpaired) electrons. The van der Waals surface area contributed by atoms with Crippen LogP contribution in [0.15, 0.2) is 78.2 Å². The third kappa shape index (κ3) is 5.13. The number of halogens is 1. The van der Waals surface area contributed by atoms with Crippen molar-refractivity contribution in [3.8, 4) is 17.1 Å². The van der Waals surface area contributed by atoms with Gasteiger partial charge in [-0.05, 0) is 54.4 Å². The Morgan fingerprint density at radius 2 is 1.84 bits per heavy atom. The van der Waals surface area contributed by atoms with E-state index in [4.69, 9.17) is 11.6 Å². The fourth-order valence-corrected chi connectivity index (χ4v) is 3.99. The molecule has 0 aliphatic heterocycles. The molecule has 1 amide bonds. The zero-order valence-corrected chi connectivity index (χ0v) is 18.4. The van der Waals surface area contributed by atoms with Crippen LogP contribution in [0, 0.1) is 0 Å². The predicted octanol–water partition coefficient (Wildman–Crippen LogP) is 5.28. The van der Waals surface area contributed by atoms with Gasteiger partial charge in [-0.15, -0.1) is 10.2 Å². The first-order chi connectivity index (χ1) is 15.1. The molecule has 4 aromatic rings. The summed E-state index contributed by atoms with van der Waals surface area (Å²) >= 11 is 7.53. The lowest BCUT2D eigenvalue weighted by atomic mass is 10.1. The number of thioether (sulfide) groups is 1. The molecule has 2 aromatic heterocycles. The van der Waals surface area contributed by atoms with Crippen molar-refractivity contribution in [1.82, 2.24) is 19.7 Å². The van der Waals surface area contributed by atoms with Crippen LogP contribution < -0.4 is 5.32 Å². The Balaban J connectivity index is 1.56. The van der Waals surface area contributed by atoms with Gasteiger partial charge in [0, 0.05) is 28.7 Å². The van der Waals surface area contributed by atoms with Gasteiger partial charge in [-0.1, -0.05) is 48.5 Å². The Labute approximate surface area is 189 Å². The van der Waals surface area contributed by atoms with Crippen LogP contribution in [0.5, 0.6) is 0 Å². The van der Waals surface area contributed by atoms with Gasteiger partial charge < -0.3 is 5.32 Å². The number of aromatic nitrogens is 4. The van der Waals surface area contributed by atoms with Gasteiger partial charge in [-0.3, -0.25) is 14.3 Å². The molecule has 0 saturated heterocycles. The third-order valence-electron chi connectivity index (χ3n) is 4.62. The number of carbonyl (C=O) groups excluding carboxylic acids is 1. The van der Waals surface area contributed by atoms with Gasteiger partial charge in [0.25, 0.3) is 0 Å². The predicted molar refractivity (Wildman–Crippen MR) is 125 cm³/mol. The minimum Gasteiger partial charge on any atom is -0.325 e. The van der Waals surface area contributed by atoms with Crippen molar-refractivity contribution in [3.63, 3.8) is 0 Å². The average molecular weight is 450 g/mol. The lowest BCUT2D eigenvalue weighted by Gasteiger charge is -2.11. The topological polar surface area (TPSA) is 72.7 Å². The molecule has 1 N–H and O–H groups in total. The largest absolute Gasteiger partial charge is 0.325 e. The van der Waals surface area contributed by atoms with E-state index in [0.29, 0.717) is 16.0 Å². The molecule has 2 aromatic carbocycles. The van der Waals surface area contributed by atoms with Crippen molar-refractivity contribution < 1.29 is 4.79 Å². The van der Waals surface area contributed by atoms with Crippen molar-refractivity contribution in [3.05, 3.63) is 83.6 Å². The second kappa shape index (κ2) is 9.76. The number of aryl methyl sites for hydroxylation is 1. The van der Waals surface area contributed by atoms with Gasteiger partial charge in [0.15, 0.2) is 11.0 Å². The molecule has 0 atom stereocenters. The first kappa shape index (κ1) is 21.1. The van der Waals surface area contributed by atoms with Gasteiger partial charge in [0.1, 0.15) is 0 Å². The van der Waals surface area contributed by atoms with Crippen molar-refractivity contribution in [1.29, 1.82) is 0 Å². The number of rotatable bonds is 7. The maximum absolute atomic E-state index is 12.5. The minimum absolute atomic E-state index is 0.111. The molecule has 0 aliphatic carbocycles. The summed E-state index contributed by atoms with van der Waals surface area (Å²) in [5.41, 5.74) is 3.69. The van der Waals surface area contributed by atoms with E-state index in [1.807, 2.05) is 65.2 Å². The second-order valence-corrected chi connectivity index (χ2v) is 8.12. The minimum atomic E-state index is -0.111. The van der Waals surface area contributed by atoms with Crippen LogP contribution in [0.1, 0.15) is 12.5 Å². The van der Waals surface area contributed by atoms with Crippen LogP contribution in [-0.4, -0.2) is 31.4 Å². The van der Waals surface area contributed by atoms with Crippen molar-refractivity contribution in [2.24, 2.45) is 0 Å². The summed E-state index contributed by atoms with van der Waals surface area (Å²) in [6.07, 6.45) is 4.37. The van der Waals surface area contributed by atoms with E-state index in [1.165, 1.54) is 17.3 Å². The number of hydrogen-bond donors (Lipinski definition) is 1. The summed E-state index contributed by atoms with van der Waals surface area (Å²) in [7, 11) is 0. The van der Waals surface area contributed by atoms with Crippen LogP contribution in [0.2, 0.25) is 5.02 Å². The fraction of sp³-hybridized carbons (Fsp3) is 0.130. The van der Waals surface area contributed by atoms with E-state index < -0.39 is 0 Å². The number of carbonyl (C=O) groups is 1. The van der Waals surface area contributed by atoms with E-state index in [1.54, 1.807) is 12.4 Å². The Bertz CT molecular complexity index is 1180. The van der Waals surface area contributed by atoms with Crippen LogP contribution in [0.25, 0.3) is 17.1 Å². The number of amides is 1. The molecule has 31 heavy (non-hydrogen) atoms. The molecule has 156 valence electrons. The number of hydrogen-bond acceptors (Lipinski definition) is 5. The fourth-order valence-electron chi connectivity index (χ4n) is 3.05. The second-order valence-electron chi connectivity index (χ2n) is 6.74. The maximum Gasteiger partial charge on any atom is 0.234 e. The Kier molecular flexibility index (Phi) is 6.64. The molecular formula is C23H20ClN5OS. The first-order valence-electron chi connectivity index (χ1n) is 9.77. The molecule has 0 bridgehead atoms. The van der Waals surface area contributed by atoms with E-state index in [2.05, 4.69) is 27.4 Å². The molecule has 4 rings (SSSR count). The highest BCUT2D eigenvalue weighted by Crippen LogP contribution is 2.29. The van der Waals surface area contributed by atoms with Gasteiger partial charge in [0.05, 0.1) is 11.4 Å². The number of pyridine rings is 1. The normalized spacial score (nSPS) is 10.8. The summed E-state index contributed by atoms with van der Waals surface area (Å²) in [4.78, 5) is 16.6. The van der Waals surface area contributed by atoms with Crippen LogP contribution in [0.3, 0.4) is 0 Å². The summed E-state index contributed by atoms with van der Waals surface area (Å²) in [6.45, 7) is 2.10. The lowest BCUT2D eigenvalue weighted by Crippen LogP contribution is -2.14. The molecule has 2 heterocycles. The molecule has 0 aliphatic rings. The summed E-state index contributed by atoms with van der Waals surface area (Å²) < 4.78 is 1.90. The SMILES string of the molecule is CCc1ccc(NC(=O)CSc2nnc(-c3ccncc3)n2-c2cccc(Cl)c2)cc1. The number of nitrogens with zero attached hydrogens (tertiary/aromatic N) is 4. The molecule has 6 nitrogen and oxygen atoms in total. The maximum atomic E-state index is 12.5. The van der Waals surface area contributed by atoms with E-state index >= 15 is 0 Å². The lowest BCUT2D eigenvalue weighted by molar-refractivity contribution is -0.113. The summed E-state index contributed by atoms with van der Waals surface area (Å²) in [5.74, 6) is 0.744. The van der Waals surface area contributed by atoms with Gasteiger partial charge >= 0.3 is 0 Å². The highest BCUT2D eigenvalue weighted by Gasteiger charge is 2.17. The quantitative estimate of drug-likeness (QED) is 0.389. The monoisotopic (exact) mass is 449 g/mol. The highest BCUT2D eigenvalue weighted by molar-refractivity contribution is 7.99. The Hall–Kier alpha value is -3.16. The van der Waals surface area contributed by atoms with Crippen LogP contribution in [-0.2, 0) is 11.2 Å². The standard InChI is InChI=1S/C23H20ClN5OS/c1-2-16-6-8-19(9-7-16)26-21(30)15-31-23-28-27-22(17-10-12-25-13-11-17)29(23)20-5-3-4-18(24)14-20/h3-14H,2,15H2,1H3,(H,26,30). The van der Waals surface area contributed by atoms with Crippen molar-refractivity contribution >= 4 is 35.0 Å². The van der Waals surface area contributed by atoms with Crippen LogP contribution >= 0.6 is 23.4 Å². The zero-order chi connectivity index (χ0) is 21.6. The van der Waals surface area contributed by atoms with E-state index in [0.717, 1.165) is 23.4 Å². The first-order valence-corrected chi connectivity index (χ1v) is 11.1. The Morgan fingerprint density at radius 3 is 2.55 bits per heavy atom. The molecule has 0 fully saturated rings. The molecule has 8 heteroatoms. The van der Waals surface area contributed by atoms with E-state index in [9.17, 15) is 4.79 Å². The average Bonchev–Trinajstić information content (AvgIpc) is 3.23. The molecule has 0 unspecified atom stereocenters. The van der Waals surface area contributed by atoms with Crippen molar-refractivity contribution in [2.75, 3.05) is 11.1 Å². The number of benzene rings is 2. The third-order valence-corrected chi connectivity index (χ3v) is 5.78. The number of nitrogens with one attached hydrogen (secondary N) is 1. The van der Waals surface area contributed by atoms with Crippen LogP contribution in [0.4, 0.5) is 5.69 Å². The molecule has 0 saturated carbocycles. The summed E-state index contributed by atoms with van der Waals surface area (Å²) in [5, 5.41) is 12.8. The Morgan fingerprint density at radius 1 is 1.06 bits per heavy atom. The zero-order valence-electron chi connectivity index (χ0n) is 16.8. The number of anilines is 1.